The van der Waals surface area contributed by atoms with Gasteiger partial charge >= 0.3 is 0 Å². The summed E-state index contributed by atoms with van der Waals surface area (Å²) in [5.41, 5.74) is -1.18. The first-order valence-electron chi connectivity index (χ1n) is 14.4. The third-order valence-electron chi connectivity index (χ3n) is 9.32. The number of benzene rings is 1. The fraction of sp³-hybridized carbons (Fsp3) is 0.529. The van der Waals surface area contributed by atoms with E-state index < -0.39 is 34.1 Å². The van der Waals surface area contributed by atoms with E-state index >= 15 is 0 Å². The molecule has 220 valence electrons. The van der Waals surface area contributed by atoms with Crippen LogP contribution in [0.3, 0.4) is 0 Å². The van der Waals surface area contributed by atoms with E-state index in [1.165, 1.54) is 7.11 Å². The zero-order valence-electron chi connectivity index (χ0n) is 25.7. The van der Waals surface area contributed by atoms with E-state index in [2.05, 4.69) is 0 Å². The normalized spacial score (nSPS) is 30.2. The van der Waals surface area contributed by atoms with Crippen molar-refractivity contribution in [3.05, 3.63) is 63.3 Å². The molecule has 7 nitrogen and oxygen atoms in total. The lowest BCUT2D eigenvalue weighted by Gasteiger charge is -2.59. The van der Waals surface area contributed by atoms with Gasteiger partial charge in [-0.1, -0.05) is 34.9 Å². The van der Waals surface area contributed by atoms with Gasteiger partial charge in [-0.15, -0.1) is 0 Å². The maximum absolute atomic E-state index is 14.7. The van der Waals surface area contributed by atoms with Gasteiger partial charge in [0.15, 0.2) is 17.0 Å². The van der Waals surface area contributed by atoms with E-state index in [0.717, 1.165) is 16.7 Å². The molecule has 3 aliphatic carbocycles. The molecule has 41 heavy (non-hydrogen) atoms. The standard InChI is InChI=1S/C34H42O7/c1-18(2)10-12-21-26(35)22(13-11-19(3)4)29-25(27(21)36)28(37)23-16-32(39-9)17-24-31(7,8)41-33(30(32)38,15-14-20(5)6)34(23,24)40-29/h10-11,14,16,24,35-36H,12-13,15,17H2,1-9H3. The maximum atomic E-state index is 14.7. The molecule has 2 aliphatic heterocycles. The summed E-state index contributed by atoms with van der Waals surface area (Å²) in [7, 11) is 1.49. The van der Waals surface area contributed by atoms with Gasteiger partial charge in [-0.3, -0.25) is 9.59 Å². The molecular weight excluding hydrogens is 520 g/mol. The number of ketones is 2. The first-order chi connectivity index (χ1) is 19.1. The largest absolute Gasteiger partial charge is 0.507 e. The first-order valence-corrected chi connectivity index (χ1v) is 14.4. The topological polar surface area (TPSA) is 102 Å². The smallest absolute Gasteiger partial charge is 0.205 e. The lowest BCUT2D eigenvalue weighted by atomic mass is 9.49. The summed E-state index contributed by atoms with van der Waals surface area (Å²) in [6.07, 6.45) is 8.41. The number of rotatable bonds is 7. The quantitative estimate of drug-likeness (QED) is 0.379. The Labute approximate surface area is 242 Å². The van der Waals surface area contributed by atoms with Crippen LogP contribution in [-0.4, -0.2) is 51.3 Å². The number of methoxy groups -OCH3 is 1. The first kappa shape index (κ1) is 29.3. The molecular formula is C34H42O7. The second-order valence-electron chi connectivity index (χ2n) is 13.3. The summed E-state index contributed by atoms with van der Waals surface area (Å²) in [5.74, 6) is -1.41. The second kappa shape index (κ2) is 9.43. The van der Waals surface area contributed by atoms with E-state index in [0.29, 0.717) is 5.56 Å². The Kier molecular flexibility index (Phi) is 6.75. The molecule has 5 aliphatic rings. The van der Waals surface area contributed by atoms with Crippen LogP contribution in [-0.2, 0) is 27.1 Å². The molecule has 0 radical (unpaired) electrons. The van der Waals surface area contributed by atoms with E-state index in [9.17, 15) is 19.8 Å². The van der Waals surface area contributed by atoms with Crippen molar-refractivity contribution in [1.82, 2.24) is 0 Å². The van der Waals surface area contributed by atoms with Crippen molar-refractivity contribution in [2.75, 3.05) is 7.11 Å². The number of allylic oxidation sites excluding steroid dienone is 5. The fourth-order valence-electron chi connectivity index (χ4n) is 7.32. The van der Waals surface area contributed by atoms with Gasteiger partial charge in [-0.2, -0.15) is 0 Å². The van der Waals surface area contributed by atoms with Gasteiger partial charge in [0.25, 0.3) is 0 Å². The average molecular weight is 563 g/mol. The molecule has 2 fully saturated rings. The number of phenols is 2. The molecule has 1 spiro atoms. The number of Topliss-reactive ketones (excluding diaryl/α,β-unsaturated/α-hetero) is 2. The molecule has 0 amide bonds. The third kappa shape index (κ3) is 3.85. The molecule has 4 atom stereocenters. The SMILES string of the molecule is COC12C=C3C(=O)c4c(O)c(CC=C(C)C)c(O)c(CC=C(C)C)c4OC34C(C1)C(C)(C)OC4(CC=C(C)C)C2=O. The van der Waals surface area contributed by atoms with E-state index in [4.69, 9.17) is 14.2 Å². The fourth-order valence-corrected chi connectivity index (χ4v) is 7.32. The molecule has 6 rings (SSSR count). The maximum Gasteiger partial charge on any atom is 0.205 e. The Balaban J connectivity index is 1.87. The lowest BCUT2D eigenvalue weighted by Crippen LogP contribution is -2.77. The monoisotopic (exact) mass is 562 g/mol. The summed E-state index contributed by atoms with van der Waals surface area (Å²) in [6, 6.07) is 0. The van der Waals surface area contributed by atoms with Crippen LogP contribution in [0.1, 0.15) is 89.7 Å². The zero-order chi connectivity index (χ0) is 30.3. The van der Waals surface area contributed by atoms with Crippen LogP contribution < -0.4 is 4.74 Å². The summed E-state index contributed by atoms with van der Waals surface area (Å²) < 4.78 is 19.7. The Morgan fingerprint density at radius 3 is 2.10 bits per heavy atom. The number of carbonyl (C=O) groups is 2. The predicted molar refractivity (Wildman–Crippen MR) is 157 cm³/mol. The van der Waals surface area contributed by atoms with Crippen molar-refractivity contribution in [2.24, 2.45) is 5.92 Å². The predicted octanol–water partition coefficient (Wildman–Crippen LogP) is 6.25. The number of hydrogen-bond donors (Lipinski definition) is 2. The van der Waals surface area contributed by atoms with Crippen molar-refractivity contribution in [2.45, 2.75) is 103 Å². The van der Waals surface area contributed by atoms with Crippen LogP contribution in [0.5, 0.6) is 17.2 Å². The minimum atomic E-state index is -1.54. The number of hydrogen-bond acceptors (Lipinski definition) is 7. The number of fused-ring (bicyclic) bond motifs is 1. The average Bonchev–Trinajstić information content (AvgIpc) is 3.04. The highest BCUT2D eigenvalue weighted by Gasteiger charge is 2.84. The molecule has 2 N–H and O–H groups in total. The number of ether oxygens (including phenoxy) is 3. The molecule has 4 unspecified atom stereocenters. The number of aromatic hydroxyl groups is 2. The van der Waals surface area contributed by atoms with Gasteiger partial charge in [0, 0.05) is 36.1 Å². The van der Waals surface area contributed by atoms with Gasteiger partial charge in [0.1, 0.15) is 28.4 Å². The van der Waals surface area contributed by atoms with Crippen molar-refractivity contribution in [1.29, 1.82) is 0 Å². The highest BCUT2D eigenvalue weighted by molar-refractivity contribution is 6.19. The van der Waals surface area contributed by atoms with E-state index in [-0.39, 0.29) is 65.4 Å². The number of carbonyl (C=O) groups excluding carboxylic acids is 2. The van der Waals surface area contributed by atoms with Crippen LogP contribution in [0, 0.1) is 5.92 Å². The van der Waals surface area contributed by atoms with Crippen LogP contribution in [0.4, 0.5) is 0 Å². The zero-order valence-corrected chi connectivity index (χ0v) is 25.7. The van der Waals surface area contributed by atoms with Crippen molar-refractivity contribution < 1.29 is 34.0 Å². The third-order valence-corrected chi connectivity index (χ3v) is 9.32. The Hall–Kier alpha value is -3.16. The van der Waals surface area contributed by atoms with Crippen LogP contribution >= 0.6 is 0 Å². The molecule has 0 aromatic heterocycles. The second-order valence-corrected chi connectivity index (χ2v) is 13.3. The molecule has 1 aromatic carbocycles. The molecule has 4 bridgehead atoms. The molecule has 1 saturated heterocycles. The minimum Gasteiger partial charge on any atom is -0.507 e. The Bertz CT molecular complexity index is 1480. The Morgan fingerprint density at radius 1 is 0.951 bits per heavy atom. The van der Waals surface area contributed by atoms with Crippen LogP contribution in [0.2, 0.25) is 0 Å². The summed E-state index contributed by atoms with van der Waals surface area (Å²) >= 11 is 0. The van der Waals surface area contributed by atoms with Crippen LogP contribution in [0.25, 0.3) is 0 Å². The molecule has 1 saturated carbocycles. The highest BCUT2D eigenvalue weighted by Crippen LogP contribution is 2.69. The van der Waals surface area contributed by atoms with Gasteiger partial charge in [-0.25, -0.2) is 0 Å². The highest BCUT2D eigenvalue weighted by atomic mass is 16.6. The van der Waals surface area contributed by atoms with Gasteiger partial charge < -0.3 is 24.4 Å². The Morgan fingerprint density at radius 2 is 1.54 bits per heavy atom. The van der Waals surface area contributed by atoms with Gasteiger partial charge in [-0.05, 0) is 80.7 Å². The van der Waals surface area contributed by atoms with E-state index in [1.54, 1.807) is 6.08 Å². The van der Waals surface area contributed by atoms with E-state index in [1.807, 2.05) is 73.6 Å². The molecule has 1 aromatic rings. The van der Waals surface area contributed by atoms with Gasteiger partial charge in [0.2, 0.25) is 5.78 Å². The summed E-state index contributed by atoms with van der Waals surface area (Å²) in [4.78, 5) is 29.2. The molecule has 2 heterocycles. The summed E-state index contributed by atoms with van der Waals surface area (Å²) in [5, 5.41) is 23.1. The molecule has 7 heteroatoms. The summed E-state index contributed by atoms with van der Waals surface area (Å²) in [6.45, 7) is 15.5. The number of phenolic OH excluding ortho intramolecular Hbond substituents is 2. The lowest BCUT2D eigenvalue weighted by molar-refractivity contribution is -0.189. The van der Waals surface area contributed by atoms with Crippen LogP contribution in [0.15, 0.2) is 46.6 Å². The minimum absolute atomic E-state index is 0.00908. The van der Waals surface area contributed by atoms with Crippen molar-refractivity contribution >= 4 is 11.6 Å². The van der Waals surface area contributed by atoms with Gasteiger partial charge in [0.05, 0.1) is 5.60 Å². The van der Waals surface area contributed by atoms with Crippen molar-refractivity contribution in [3.8, 4) is 17.2 Å². The van der Waals surface area contributed by atoms with Crippen molar-refractivity contribution in [3.63, 3.8) is 0 Å².